The number of aryl methyl sites for hydroxylation is 1. The van der Waals surface area contributed by atoms with Gasteiger partial charge in [0.1, 0.15) is 0 Å². The van der Waals surface area contributed by atoms with Crippen LogP contribution in [-0.4, -0.2) is 47.9 Å². The Balaban J connectivity index is 0.00000196. The van der Waals surface area contributed by atoms with Gasteiger partial charge in [-0.2, -0.15) is 0 Å². The van der Waals surface area contributed by atoms with Crippen molar-refractivity contribution in [3.8, 4) is 11.3 Å². The highest BCUT2D eigenvalue weighted by molar-refractivity contribution is 5.98. The Morgan fingerprint density at radius 1 is 1.29 bits per heavy atom. The van der Waals surface area contributed by atoms with Crippen LogP contribution < -0.4 is 11.1 Å². The summed E-state index contributed by atoms with van der Waals surface area (Å²) in [5.41, 5.74) is 7.66. The third kappa shape index (κ3) is 5.47. The molecule has 3 rings (SSSR count). The maximum Gasteiger partial charge on any atom is 0.276 e. The minimum absolute atomic E-state index is 0. The van der Waals surface area contributed by atoms with E-state index in [9.17, 15) is 9.59 Å². The first-order valence-corrected chi connectivity index (χ1v) is 8.87. The predicted octanol–water partition coefficient (Wildman–Crippen LogP) is 2.42. The second-order valence-electron chi connectivity index (χ2n) is 6.57. The molecular formula is C19H26Cl2N4O3. The maximum atomic E-state index is 13.0. The molecule has 7 nitrogen and oxygen atoms in total. The number of nitrogens with two attached hydrogens (primary N) is 1. The smallest absolute Gasteiger partial charge is 0.276 e. The Morgan fingerprint density at radius 2 is 2.00 bits per heavy atom. The van der Waals surface area contributed by atoms with Crippen LogP contribution in [0.25, 0.3) is 11.3 Å². The summed E-state index contributed by atoms with van der Waals surface area (Å²) in [5.74, 6) is -0.00352. The van der Waals surface area contributed by atoms with E-state index in [4.69, 9.17) is 10.2 Å². The molecule has 1 unspecified atom stereocenters. The fourth-order valence-electron chi connectivity index (χ4n) is 3.17. The molecule has 1 fully saturated rings. The van der Waals surface area contributed by atoms with Gasteiger partial charge >= 0.3 is 0 Å². The van der Waals surface area contributed by atoms with Gasteiger partial charge in [0, 0.05) is 31.7 Å². The van der Waals surface area contributed by atoms with Crippen LogP contribution in [0.15, 0.2) is 35.1 Å². The molecule has 2 heterocycles. The fraction of sp³-hybridized carbons (Fsp3) is 0.421. The van der Waals surface area contributed by atoms with Gasteiger partial charge in [0.15, 0.2) is 17.8 Å². The van der Waals surface area contributed by atoms with E-state index in [0.717, 1.165) is 24.0 Å². The molecule has 1 aliphatic heterocycles. The number of hydrogen-bond acceptors (Lipinski definition) is 5. The Morgan fingerprint density at radius 3 is 2.68 bits per heavy atom. The van der Waals surface area contributed by atoms with E-state index in [1.54, 1.807) is 4.90 Å². The average molecular weight is 429 g/mol. The second-order valence-corrected chi connectivity index (χ2v) is 6.57. The van der Waals surface area contributed by atoms with Crippen molar-refractivity contribution in [3.05, 3.63) is 41.9 Å². The summed E-state index contributed by atoms with van der Waals surface area (Å²) in [6.07, 6.45) is 2.84. The normalized spacial score (nSPS) is 15.9. The lowest BCUT2D eigenvalue weighted by molar-refractivity contribution is -0.126. The Bertz CT molecular complexity index is 780. The first-order chi connectivity index (χ1) is 12.6. The number of likely N-dealkylation sites (tertiary alicyclic amines) is 1. The van der Waals surface area contributed by atoms with Crippen molar-refractivity contribution in [3.63, 3.8) is 0 Å². The summed E-state index contributed by atoms with van der Waals surface area (Å²) in [7, 11) is 0. The van der Waals surface area contributed by atoms with Gasteiger partial charge in [0.25, 0.3) is 5.91 Å². The van der Waals surface area contributed by atoms with Gasteiger partial charge in [0.05, 0.1) is 5.92 Å². The number of carbonyl (C=O) groups excluding carboxylic acids is 2. The van der Waals surface area contributed by atoms with Crippen molar-refractivity contribution in [1.29, 1.82) is 0 Å². The molecule has 1 saturated heterocycles. The van der Waals surface area contributed by atoms with Crippen molar-refractivity contribution in [2.75, 3.05) is 26.2 Å². The number of hydrogen-bond donors (Lipinski definition) is 2. The number of rotatable bonds is 5. The first-order valence-electron chi connectivity index (χ1n) is 8.87. The van der Waals surface area contributed by atoms with Gasteiger partial charge in [-0.3, -0.25) is 9.59 Å². The third-order valence-electron chi connectivity index (χ3n) is 4.61. The molecule has 9 heteroatoms. The van der Waals surface area contributed by atoms with E-state index in [1.165, 1.54) is 6.39 Å². The standard InChI is InChI=1S/C19H24N4O3.2ClH/c1-13-4-6-14(7-5-13)17-16(22-12-26-17)19(25)23-10-2-3-15(11-23)18(24)21-9-8-20;;/h4-7,12,15H,2-3,8-11,20H2,1H3,(H,21,24);2*1H. The molecular weight excluding hydrogens is 403 g/mol. The van der Waals surface area contributed by atoms with E-state index in [0.29, 0.717) is 31.9 Å². The molecule has 1 aromatic carbocycles. The summed E-state index contributed by atoms with van der Waals surface area (Å²) in [5, 5.41) is 2.80. The van der Waals surface area contributed by atoms with Crippen molar-refractivity contribution < 1.29 is 14.0 Å². The predicted molar refractivity (Wildman–Crippen MR) is 112 cm³/mol. The van der Waals surface area contributed by atoms with Crippen LogP contribution in [0.1, 0.15) is 28.9 Å². The zero-order valence-corrected chi connectivity index (χ0v) is 17.4. The zero-order valence-electron chi connectivity index (χ0n) is 15.7. The van der Waals surface area contributed by atoms with E-state index in [1.807, 2.05) is 31.2 Å². The molecule has 154 valence electrons. The van der Waals surface area contributed by atoms with Gasteiger partial charge in [0.2, 0.25) is 5.91 Å². The summed E-state index contributed by atoms with van der Waals surface area (Å²) in [4.78, 5) is 31.0. The van der Waals surface area contributed by atoms with Crippen LogP contribution in [0.3, 0.4) is 0 Å². The lowest BCUT2D eigenvalue weighted by Gasteiger charge is -2.31. The van der Waals surface area contributed by atoms with E-state index < -0.39 is 0 Å². The monoisotopic (exact) mass is 428 g/mol. The number of carbonyl (C=O) groups is 2. The molecule has 1 aromatic heterocycles. The van der Waals surface area contributed by atoms with Crippen LogP contribution in [0.4, 0.5) is 0 Å². The van der Waals surface area contributed by atoms with E-state index in [-0.39, 0.29) is 48.2 Å². The molecule has 0 radical (unpaired) electrons. The number of amides is 2. The van der Waals surface area contributed by atoms with Crippen molar-refractivity contribution in [1.82, 2.24) is 15.2 Å². The number of oxazole rings is 1. The lowest BCUT2D eigenvalue weighted by atomic mass is 9.96. The number of halogens is 2. The number of nitrogens with one attached hydrogen (secondary N) is 1. The number of benzene rings is 1. The molecule has 0 aliphatic carbocycles. The van der Waals surface area contributed by atoms with Crippen LogP contribution in [0, 0.1) is 12.8 Å². The molecule has 2 amide bonds. The minimum Gasteiger partial charge on any atom is -0.443 e. The van der Waals surface area contributed by atoms with Crippen LogP contribution in [0.5, 0.6) is 0 Å². The van der Waals surface area contributed by atoms with Crippen LogP contribution >= 0.6 is 24.8 Å². The molecule has 1 aliphatic rings. The van der Waals surface area contributed by atoms with Gasteiger partial charge < -0.3 is 20.4 Å². The molecule has 2 aromatic rings. The number of aromatic nitrogens is 1. The molecule has 1 atom stereocenters. The lowest BCUT2D eigenvalue weighted by Crippen LogP contribution is -2.46. The Hall–Kier alpha value is -2.09. The highest BCUT2D eigenvalue weighted by atomic mass is 35.5. The van der Waals surface area contributed by atoms with Gasteiger partial charge in [-0.15, -0.1) is 24.8 Å². The summed E-state index contributed by atoms with van der Waals surface area (Å²) in [6.45, 7) is 3.85. The second kappa shape index (κ2) is 11.0. The molecule has 0 spiro atoms. The van der Waals surface area contributed by atoms with Gasteiger partial charge in [-0.05, 0) is 19.8 Å². The fourth-order valence-corrected chi connectivity index (χ4v) is 3.17. The number of nitrogens with zero attached hydrogens (tertiary/aromatic N) is 2. The van der Waals surface area contributed by atoms with Crippen LogP contribution in [0.2, 0.25) is 0 Å². The summed E-state index contributed by atoms with van der Waals surface area (Å²) >= 11 is 0. The quantitative estimate of drug-likeness (QED) is 0.760. The molecule has 0 bridgehead atoms. The highest BCUT2D eigenvalue weighted by Gasteiger charge is 2.31. The van der Waals surface area contributed by atoms with Crippen molar-refractivity contribution in [2.24, 2.45) is 11.7 Å². The average Bonchev–Trinajstić information content (AvgIpc) is 3.16. The third-order valence-corrected chi connectivity index (χ3v) is 4.61. The van der Waals surface area contributed by atoms with E-state index in [2.05, 4.69) is 10.3 Å². The first kappa shape index (κ1) is 23.9. The summed E-state index contributed by atoms with van der Waals surface area (Å²) < 4.78 is 5.48. The van der Waals surface area contributed by atoms with E-state index >= 15 is 0 Å². The molecule has 3 N–H and O–H groups in total. The van der Waals surface area contributed by atoms with Gasteiger partial charge in [-0.25, -0.2) is 4.98 Å². The highest BCUT2D eigenvalue weighted by Crippen LogP contribution is 2.26. The Kier molecular flexibility index (Phi) is 9.45. The van der Waals surface area contributed by atoms with Crippen molar-refractivity contribution >= 4 is 36.6 Å². The maximum absolute atomic E-state index is 13.0. The zero-order chi connectivity index (χ0) is 18.5. The topological polar surface area (TPSA) is 101 Å². The van der Waals surface area contributed by atoms with Gasteiger partial charge in [-0.1, -0.05) is 29.8 Å². The van der Waals surface area contributed by atoms with Crippen molar-refractivity contribution in [2.45, 2.75) is 19.8 Å². The molecule has 0 saturated carbocycles. The SMILES string of the molecule is Cc1ccc(-c2ocnc2C(=O)N2CCCC(C(=O)NCCN)C2)cc1.Cl.Cl. The van der Waals surface area contributed by atoms with Crippen LogP contribution in [-0.2, 0) is 4.79 Å². The molecule has 28 heavy (non-hydrogen) atoms. The number of piperidine rings is 1. The minimum atomic E-state index is -0.214. The Labute approximate surface area is 176 Å². The largest absolute Gasteiger partial charge is 0.443 e. The summed E-state index contributed by atoms with van der Waals surface area (Å²) in [6, 6.07) is 7.74.